The Morgan fingerprint density at radius 1 is 1.31 bits per heavy atom. The fourth-order valence-corrected chi connectivity index (χ4v) is 6.59. The first-order valence-corrected chi connectivity index (χ1v) is 15.7. The molecule has 0 heterocycles. The van der Waals surface area contributed by atoms with Crippen LogP contribution >= 0.6 is 0 Å². The van der Waals surface area contributed by atoms with Gasteiger partial charge in [0.25, 0.3) is 0 Å². The minimum atomic E-state index is -1.82. The van der Waals surface area contributed by atoms with Crippen molar-refractivity contribution >= 4 is 24.2 Å². The Bertz CT molecular complexity index is 193. The molecular formula is C11H22OSn. The first kappa shape index (κ1) is 11.5. The Balaban J connectivity index is 2.64. The maximum atomic E-state index is 11.7. The van der Waals surface area contributed by atoms with Crippen LogP contribution in [0.4, 0.5) is 0 Å². The Morgan fingerprint density at radius 3 is 2.38 bits per heavy atom. The summed E-state index contributed by atoms with van der Waals surface area (Å²) >= 11 is -1.82. The molecule has 0 aromatic carbocycles. The molecule has 1 aliphatic carbocycles. The topological polar surface area (TPSA) is 17.1 Å². The zero-order valence-electron chi connectivity index (χ0n) is 9.39. The summed E-state index contributed by atoms with van der Waals surface area (Å²) in [5.74, 6) is 0.995. The number of carbonyl (C=O) groups excluding carboxylic acids is 1. The Kier molecular flexibility index (Phi) is 3.84. The third-order valence-corrected chi connectivity index (χ3v) is 12.5. The van der Waals surface area contributed by atoms with Crippen molar-refractivity contribution in [3.63, 3.8) is 0 Å². The van der Waals surface area contributed by atoms with Gasteiger partial charge >= 0.3 is 86.2 Å². The van der Waals surface area contributed by atoms with Crippen molar-refractivity contribution < 1.29 is 4.79 Å². The molecule has 0 amide bonds. The Hall–Kier alpha value is 0.469. The van der Waals surface area contributed by atoms with Gasteiger partial charge in [0, 0.05) is 0 Å². The molecule has 0 aromatic heterocycles. The predicted molar refractivity (Wildman–Crippen MR) is 59.7 cm³/mol. The van der Waals surface area contributed by atoms with Crippen molar-refractivity contribution in [3.05, 3.63) is 0 Å². The van der Waals surface area contributed by atoms with E-state index in [1.807, 2.05) is 0 Å². The number of hydrogen-bond donors (Lipinski definition) is 0. The van der Waals surface area contributed by atoms with E-state index in [1.54, 1.807) is 0 Å². The number of rotatable bonds is 2. The van der Waals surface area contributed by atoms with Crippen LogP contribution in [0.1, 0.15) is 32.6 Å². The fourth-order valence-electron chi connectivity index (χ4n) is 2.14. The van der Waals surface area contributed by atoms with Crippen LogP contribution in [0.25, 0.3) is 0 Å². The summed E-state index contributed by atoms with van der Waals surface area (Å²) in [6, 6.07) is 0. The van der Waals surface area contributed by atoms with Gasteiger partial charge in [-0.05, 0) is 0 Å². The number of hydrogen-bond acceptors (Lipinski definition) is 1. The summed E-state index contributed by atoms with van der Waals surface area (Å²) in [6.45, 7) is 2.32. The SMILES string of the molecule is C[CH](C1CCCCC1=O)[Sn]([CH3])([CH3])[CH3]. The standard InChI is InChI=1S/C8H13O.3CH3.Sn/c1-2-7-5-3-4-6-8(7)9;;;;/h2,7H,3-6H2,1H3;3*1H3;. The summed E-state index contributed by atoms with van der Waals surface area (Å²) in [5.41, 5.74) is 0. The molecule has 1 fully saturated rings. The molecule has 2 heteroatoms. The number of Topliss-reactive ketones (excluding diaryl/α,β-unsaturated/α-hetero) is 1. The first-order valence-electron chi connectivity index (χ1n) is 5.45. The quantitative estimate of drug-likeness (QED) is 0.711. The second kappa shape index (κ2) is 4.33. The van der Waals surface area contributed by atoms with E-state index in [4.69, 9.17) is 0 Å². The van der Waals surface area contributed by atoms with Gasteiger partial charge in [0.15, 0.2) is 0 Å². The van der Waals surface area contributed by atoms with Crippen LogP contribution < -0.4 is 0 Å². The van der Waals surface area contributed by atoms with E-state index in [1.165, 1.54) is 12.8 Å². The van der Waals surface area contributed by atoms with Crippen LogP contribution in [0.15, 0.2) is 0 Å². The van der Waals surface area contributed by atoms with E-state index in [9.17, 15) is 4.79 Å². The first-order chi connectivity index (χ1) is 5.93. The van der Waals surface area contributed by atoms with Crippen molar-refractivity contribution in [3.8, 4) is 0 Å². The summed E-state index contributed by atoms with van der Waals surface area (Å²) in [7, 11) is 0. The van der Waals surface area contributed by atoms with E-state index < -0.39 is 18.4 Å². The van der Waals surface area contributed by atoms with Crippen molar-refractivity contribution in [2.45, 2.75) is 51.4 Å². The van der Waals surface area contributed by atoms with Gasteiger partial charge < -0.3 is 0 Å². The summed E-state index contributed by atoms with van der Waals surface area (Å²) < 4.78 is 0.738. The molecule has 0 radical (unpaired) electrons. The zero-order valence-corrected chi connectivity index (χ0v) is 12.2. The molecule has 2 atom stereocenters. The number of ketones is 1. The van der Waals surface area contributed by atoms with E-state index in [-0.39, 0.29) is 0 Å². The summed E-state index contributed by atoms with van der Waals surface area (Å²) in [4.78, 5) is 19.1. The molecule has 2 unspecified atom stereocenters. The van der Waals surface area contributed by atoms with Gasteiger partial charge in [-0.3, -0.25) is 0 Å². The van der Waals surface area contributed by atoms with Crippen molar-refractivity contribution in [1.82, 2.24) is 0 Å². The van der Waals surface area contributed by atoms with Gasteiger partial charge in [0.2, 0.25) is 0 Å². The second-order valence-electron chi connectivity index (χ2n) is 5.47. The van der Waals surface area contributed by atoms with E-state index >= 15 is 0 Å². The Morgan fingerprint density at radius 2 is 1.92 bits per heavy atom. The molecule has 0 aliphatic heterocycles. The third kappa shape index (κ3) is 2.96. The van der Waals surface area contributed by atoms with Gasteiger partial charge in [0.1, 0.15) is 0 Å². The molecule has 1 saturated carbocycles. The van der Waals surface area contributed by atoms with Crippen LogP contribution in [0, 0.1) is 5.92 Å². The van der Waals surface area contributed by atoms with Crippen LogP contribution in [0.5, 0.6) is 0 Å². The molecule has 0 saturated heterocycles. The van der Waals surface area contributed by atoms with Crippen LogP contribution in [0.3, 0.4) is 0 Å². The molecule has 1 aliphatic rings. The van der Waals surface area contributed by atoms with Crippen LogP contribution in [0.2, 0.25) is 18.8 Å². The Labute approximate surface area is 86.2 Å². The molecule has 76 valence electrons. The van der Waals surface area contributed by atoms with Gasteiger partial charge in [-0.1, -0.05) is 0 Å². The van der Waals surface area contributed by atoms with Gasteiger partial charge in [0.05, 0.1) is 0 Å². The molecular weight excluding hydrogens is 267 g/mol. The van der Waals surface area contributed by atoms with E-state index in [0.29, 0.717) is 11.7 Å². The molecule has 1 nitrogen and oxygen atoms in total. The summed E-state index contributed by atoms with van der Waals surface area (Å²) in [6.07, 6.45) is 4.45. The van der Waals surface area contributed by atoms with Gasteiger partial charge in [-0.25, -0.2) is 0 Å². The molecule has 0 spiro atoms. The van der Waals surface area contributed by atoms with Gasteiger partial charge in [-0.2, -0.15) is 0 Å². The fraction of sp³-hybridized carbons (Fsp3) is 0.909. The normalized spacial score (nSPS) is 27.4. The third-order valence-electron chi connectivity index (χ3n) is 3.57. The van der Waals surface area contributed by atoms with Crippen LogP contribution in [-0.4, -0.2) is 24.2 Å². The molecule has 0 aromatic rings. The van der Waals surface area contributed by atoms with Gasteiger partial charge in [-0.15, -0.1) is 0 Å². The monoisotopic (exact) mass is 290 g/mol. The van der Waals surface area contributed by atoms with E-state index in [2.05, 4.69) is 21.7 Å². The van der Waals surface area contributed by atoms with E-state index in [0.717, 1.165) is 16.8 Å². The summed E-state index contributed by atoms with van der Waals surface area (Å²) in [5, 5.41) is 0. The second-order valence-corrected chi connectivity index (χ2v) is 21.6. The molecule has 1 rings (SSSR count). The van der Waals surface area contributed by atoms with Crippen molar-refractivity contribution in [2.24, 2.45) is 5.92 Å². The average Bonchev–Trinajstić information content (AvgIpc) is 2.02. The maximum absolute atomic E-state index is 11.7. The van der Waals surface area contributed by atoms with Crippen molar-refractivity contribution in [1.29, 1.82) is 0 Å². The van der Waals surface area contributed by atoms with Crippen molar-refractivity contribution in [2.75, 3.05) is 0 Å². The molecule has 0 N–H and O–H groups in total. The zero-order chi connectivity index (χ0) is 10.1. The number of carbonyl (C=O) groups is 1. The predicted octanol–water partition coefficient (Wildman–Crippen LogP) is 3.47. The molecule has 13 heavy (non-hydrogen) atoms. The molecule has 0 bridgehead atoms. The minimum absolute atomic E-state index is 0.435. The average molecular weight is 289 g/mol. The van der Waals surface area contributed by atoms with Crippen LogP contribution in [-0.2, 0) is 4.79 Å².